The topological polar surface area (TPSA) is 83.0 Å². The molecule has 2 rings (SSSR count). The third-order valence-electron chi connectivity index (χ3n) is 5.07. The van der Waals surface area contributed by atoms with E-state index in [-0.39, 0.29) is 23.7 Å². The van der Waals surface area contributed by atoms with E-state index in [9.17, 15) is 9.59 Å². The van der Waals surface area contributed by atoms with Crippen LogP contribution in [-0.2, 0) is 14.3 Å². The van der Waals surface area contributed by atoms with Gasteiger partial charge >= 0.3 is 5.97 Å². The summed E-state index contributed by atoms with van der Waals surface area (Å²) in [7, 11) is 1.43. The number of ether oxygens (including phenoxy) is 1. The molecule has 25 heavy (non-hydrogen) atoms. The van der Waals surface area contributed by atoms with Crippen molar-refractivity contribution < 1.29 is 14.3 Å². The lowest BCUT2D eigenvalue weighted by Gasteiger charge is -2.21. The highest BCUT2D eigenvalue weighted by Crippen LogP contribution is 2.24. The van der Waals surface area contributed by atoms with Crippen LogP contribution >= 0.6 is 0 Å². The van der Waals surface area contributed by atoms with Crippen molar-refractivity contribution in [2.75, 3.05) is 33.3 Å². The zero-order chi connectivity index (χ0) is 18.2. The Morgan fingerprint density at radius 2 is 1.96 bits per heavy atom. The van der Waals surface area contributed by atoms with Gasteiger partial charge in [-0.1, -0.05) is 19.8 Å². The number of amides is 1. The summed E-state index contributed by atoms with van der Waals surface area (Å²) in [5.74, 6) is 0.784. The quantitative estimate of drug-likeness (QED) is 0.426. The van der Waals surface area contributed by atoms with Gasteiger partial charge in [-0.15, -0.1) is 0 Å². The maximum atomic E-state index is 12.0. The number of methoxy groups -OCH3 is 1. The Hall–Kier alpha value is -1.79. The predicted octanol–water partition coefficient (Wildman–Crippen LogP) is 1.14. The minimum atomic E-state index is -0.165. The fraction of sp³-hybridized carbons (Fsp3) is 0.833. The highest BCUT2D eigenvalue weighted by atomic mass is 16.5. The summed E-state index contributed by atoms with van der Waals surface area (Å²) in [5, 5.41) is 6.35. The first-order valence-corrected chi connectivity index (χ1v) is 9.45. The molecule has 0 aromatic rings. The number of esters is 1. The molecule has 1 aliphatic heterocycles. The summed E-state index contributed by atoms with van der Waals surface area (Å²) in [6, 6.07) is 0.352. The van der Waals surface area contributed by atoms with Gasteiger partial charge in [0.15, 0.2) is 5.96 Å². The lowest BCUT2D eigenvalue weighted by atomic mass is 9.99. The molecular formula is C18H32N4O3. The molecule has 2 atom stereocenters. The number of nitrogens with zero attached hydrogens (tertiary/aromatic N) is 2. The average Bonchev–Trinajstić information content (AvgIpc) is 3.23. The van der Waals surface area contributed by atoms with Crippen LogP contribution in [-0.4, -0.2) is 62.1 Å². The third kappa shape index (κ3) is 5.61. The number of hydrogen-bond donors (Lipinski definition) is 2. The summed E-state index contributed by atoms with van der Waals surface area (Å²) in [6.45, 7) is 6.64. The van der Waals surface area contributed by atoms with Crippen LogP contribution in [0.1, 0.15) is 46.0 Å². The molecule has 7 heteroatoms. The molecule has 1 amide bonds. The number of rotatable bonds is 6. The average molecular weight is 352 g/mol. The summed E-state index contributed by atoms with van der Waals surface area (Å²) in [5.41, 5.74) is 0. The number of guanidine groups is 1. The lowest BCUT2D eigenvalue weighted by molar-refractivity contribution is -0.146. The fourth-order valence-electron chi connectivity index (χ4n) is 3.66. The second-order valence-electron chi connectivity index (χ2n) is 7.05. The normalized spacial score (nSPS) is 24.4. The van der Waals surface area contributed by atoms with Gasteiger partial charge in [-0.3, -0.25) is 14.6 Å². The van der Waals surface area contributed by atoms with Crippen molar-refractivity contribution in [2.24, 2.45) is 16.8 Å². The highest BCUT2D eigenvalue weighted by Gasteiger charge is 2.36. The minimum Gasteiger partial charge on any atom is -0.469 e. The van der Waals surface area contributed by atoms with Crippen molar-refractivity contribution in [1.82, 2.24) is 15.5 Å². The molecule has 1 saturated carbocycles. The van der Waals surface area contributed by atoms with Gasteiger partial charge in [0.05, 0.1) is 19.6 Å². The Kier molecular flexibility index (Phi) is 7.52. The van der Waals surface area contributed by atoms with E-state index in [1.165, 1.54) is 20.0 Å². The van der Waals surface area contributed by atoms with E-state index in [2.05, 4.69) is 27.4 Å². The summed E-state index contributed by atoms with van der Waals surface area (Å²) in [4.78, 5) is 30.5. The van der Waals surface area contributed by atoms with Crippen LogP contribution < -0.4 is 10.6 Å². The third-order valence-corrected chi connectivity index (χ3v) is 5.07. The molecule has 0 aromatic carbocycles. The van der Waals surface area contributed by atoms with E-state index in [1.54, 1.807) is 0 Å². The van der Waals surface area contributed by atoms with E-state index in [0.29, 0.717) is 25.6 Å². The van der Waals surface area contributed by atoms with Crippen LogP contribution in [0.15, 0.2) is 4.99 Å². The van der Waals surface area contributed by atoms with Gasteiger partial charge in [-0.25, -0.2) is 0 Å². The fourth-order valence-corrected chi connectivity index (χ4v) is 3.66. The second kappa shape index (κ2) is 9.63. The molecule has 0 spiro atoms. The molecule has 1 heterocycles. The van der Waals surface area contributed by atoms with Crippen molar-refractivity contribution in [1.29, 1.82) is 0 Å². The maximum absolute atomic E-state index is 12.0. The van der Waals surface area contributed by atoms with E-state index < -0.39 is 0 Å². The second-order valence-corrected chi connectivity index (χ2v) is 7.05. The zero-order valence-corrected chi connectivity index (χ0v) is 15.7. The van der Waals surface area contributed by atoms with Crippen molar-refractivity contribution in [2.45, 2.75) is 52.0 Å². The first-order valence-electron chi connectivity index (χ1n) is 9.45. The molecule has 2 N–H and O–H groups in total. The van der Waals surface area contributed by atoms with Gasteiger partial charge in [-0.2, -0.15) is 0 Å². The van der Waals surface area contributed by atoms with Gasteiger partial charge in [0.1, 0.15) is 0 Å². The van der Waals surface area contributed by atoms with Gasteiger partial charge < -0.3 is 20.3 Å². The summed E-state index contributed by atoms with van der Waals surface area (Å²) in [6.07, 6.45) is 5.01. The summed E-state index contributed by atoms with van der Waals surface area (Å²) < 4.78 is 4.89. The van der Waals surface area contributed by atoms with Crippen molar-refractivity contribution in [3.8, 4) is 0 Å². The standard InChI is InChI=1S/C18H32N4O3/c1-4-19-18(22-11-13(2)15(12-22)17(24)25-3)20-10-9-16(23)21-14-7-5-6-8-14/h13-15H,4-12H2,1-3H3,(H,19,20)(H,21,23). The zero-order valence-electron chi connectivity index (χ0n) is 15.7. The minimum absolute atomic E-state index is 0.0775. The van der Waals surface area contributed by atoms with E-state index in [4.69, 9.17) is 4.74 Å². The Balaban J connectivity index is 1.85. The Morgan fingerprint density at radius 3 is 2.60 bits per heavy atom. The molecule has 2 fully saturated rings. The largest absolute Gasteiger partial charge is 0.469 e. The Morgan fingerprint density at radius 1 is 1.24 bits per heavy atom. The number of nitrogens with one attached hydrogen (secondary N) is 2. The first-order chi connectivity index (χ1) is 12.0. The molecule has 1 saturated heterocycles. The summed E-state index contributed by atoms with van der Waals surface area (Å²) >= 11 is 0. The van der Waals surface area contributed by atoms with Crippen LogP contribution in [0.25, 0.3) is 0 Å². The number of carbonyl (C=O) groups excluding carboxylic acids is 2. The Labute approximate surface area is 150 Å². The molecule has 2 unspecified atom stereocenters. The van der Waals surface area contributed by atoms with Crippen LogP contribution in [0.2, 0.25) is 0 Å². The molecule has 0 radical (unpaired) electrons. The smallest absolute Gasteiger partial charge is 0.310 e. The molecular weight excluding hydrogens is 320 g/mol. The highest BCUT2D eigenvalue weighted by molar-refractivity contribution is 5.83. The molecule has 1 aliphatic carbocycles. The molecule has 0 aromatic heterocycles. The van der Waals surface area contributed by atoms with Crippen molar-refractivity contribution in [3.05, 3.63) is 0 Å². The van der Waals surface area contributed by atoms with Gasteiger partial charge in [-0.05, 0) is 25.7 Å². The van der Waals surface area contributed by atoms with Gasteiger partial charge in [0.2, 0.25) is 5.91 Å². The predicted molar refractivity (Wildman–Crippen MR) is 97.2 cm³/mol. The van der Waals surface area contributed by atoms with E-state index >= 15 is 0 Å². The maximum Gasteiger partial charge on any atom is 0.310 e. The van der Waals surface area contributed by atoms with Crippen LogP contribution in [0, 0.1) is 11.8 Å². The van der Waals surface area contributed by atoms with E-state index in [0.717, 1.165) is 31.9 Å². The monoisotopic (exact) mass is 352 g/mol. The number of likely N-dealkylation sites (tertiary alicyclic amines) is 1. The Bertz CT molecular complexity index is 489. The molecule has 7 nitrogen and oxygen atoms in total. The number of aliphatic imine (C=N–C) groups is 1. The van der Waals surface area contributed by atoms with Gasteiger partial charge in [0, 0.05) is 32.1 Å². The van der Waals surface area contributed by atoms with Crippen molar-refractivity contribution in [3.63, 3.8) is 0 Å². The lowest BCUT2D eigenvalue weighted by Crippen LogP contribution is -2.41. The van der Waals surface area contributed by atoms with Crippen LogP contribution in [0.3, 0.4) is 0 Å². The molecule has 142 valence electrons. The first kappa shape index (κ1) is 19.5. The van der Waals surface area contributed by atoms with Crippen LogP contribution in [0.5, 0.6) is 0 Å². The van der Waals surface area contributed by atoms with Gasteiger partial charge in [0.25, 0.3) is 0 Å². The van der Waals surface area contributed by atoms with E-state index in [1.807, 2.05) is 6.92 Å². The van der Waals surface area contributed by atoms with Crippen LogP contribution in [0.4, 0.5) is 0 Å². The number of carbonyl (C=O) groups is 2. The molecule has 2 aliphatic rings. The number of hydrogen-bond acceptors (Lipinski definition) is 4. The molecule has 0 bridgehead atoms. The SMILES string of the molecule is CCNC(=NCCC(=O)NC1CCCC1)N1CC(C)C(C(=O)OC)C1. The van der Waals surface area contributed by atoms with Crippen molar-refractivity contribution >= 4 is 17.8 Å².